The average Bonchev–Trinajstić information content (AvgIpc) is 3.37. The second kappa shape index (κ2) is 21.5. The molecule has 0 aliphatic carbocycles. The van der Waals surface area contributed by atoms with E-state index < -0.39 is 25.5 Å². The van der Waals surface area contributed by atoms with E-state index in [1.54, 1.807) is 91.0 Å². The Labute approximate surface area is 423 Å². The van der Waals surface area contributed by atoms with Crippen molar-refractivity contribution in [3.05, 3.63) is 197 Å². The minimum Gasteiger partial charge on any atom is -0.508 e. The fraction of sp³-hybridized carbons (Fsp3) is 0.105. The lowest BCUT2D eigenvalue weighted by molar-refractivity contribution is 0.0943. The number of benzene rings is 9. The fourth-order valence-corrected chi connectivity index (χ4v) is 9.46. The number of rotatable bonds is 18. The summed E-state index contributed by atoms with van der Waals surface area (Å²) in [7, 11) is -4.50. The van der Waals surface area contributed by atoms with Gasteiger partial charge in [-0.3, -0.25) is 14.4 Å². The topological polar surface area (TPSA) is 253 Å². The lowest BCUT2D eigenvalue weighted by Gasteiger charge is -2.20. The maximum atomic E-state index is 14.6. The predicted octanol–water partition coefficient (Wildman–Crippen LogP) is 9.94. The molecule has 0 atom stereocenters. The third-order valence-corrected chi connectivity index (χ3v) is 13.4. The quantitative estimate of drug-likeness (QED) is 0.0363. The van der Waals surface area contributed by atoms with Crippen molar-refractivity contribution in [1.29, 1.82) is 0 Å². The Morgan fingerprint density at radius 2 is 0.622 bits per heavy atom. The summed E-state index contributed by atoms with van der Waals surface area (Å²) < 4.78 is 32.5. The Bertz CT molecular complexity index is 3250. The first kappa shape index (κ1) is 49.6. The minimum atomic E-state index is -4.50. The van der Waals surface area contributed by atoms with E-state index in [0.717, 1.165) is 16.7 Å². The number of hydrogen-bond acceptors (Lipinski definition) is 13. The van der Waals surface area contributed by atoms with Gasteiger partial charge in [-0.05, 0) is 177 Å². The van der Waals surface area contributed by atoms with Gasteiger partial charge >= 0.3 is 7.82 Å². The van der Waals surface area contributed by atoms with E-state index in [9.17, 15) is 49.6 Å². The van der Waals surface area contributed by atoms with Crippen LogP contribution in [0.2, 0.25) is 0 Å². The molecule has 0 aliphatic heterocycles. The molecule has 0 radical (unpaired) electrons. The fourth-order valence-electron chi connectivity index (χ4n) is 8.21. The number of phosphoric ester groups is 1. The summed E-state index contributed by atoms with van der Waals surface area (Å²) in [4.78, 5) is 39.0. The molecule has 16 nitrogen and oxygen atoms in total. The van der Waals surface area contributed by atoms with Gasteiger partial charge in [-0.1, -0.05) is 54.6 Å². The molecule has 0 heterocycles. The first-order chi connectivity index (χ1) is 35.6. The summed E-state index contributed by atoms with van der Waals surface area (Å²) in [6.07, 6.45) is 1.19. The SMILES string of the molecule is O=C(NCCc1ccc(OP(=O)(Oc2ccc(CCNC(=O)c3cc4cc(O)ccc4cc3O)cc2)Oc2ccc(CCNC(=O)c3cc4cc(O)ccc4cc3O)cc2)cc1)c1cc2cc(O)ccc2cc1O. The van der Waals surface area contributed by atoms with Gasteiger partial charge in [0.05, 0.1) is 16.7 Å². The van der Waals surface area contributed by atoms with Gasteiger partial charge < -0.3 is 60.2 Å². The van der Waals surface area contributed by atoms with Crippen LogP contribution in [0.4, 0.5) is 0 Å². The summed E-state index contributed by atoms with van der Waals surface area (Å²) in [5, 5.41) is 73.3. The molecular formula is C57H48N3O13P. The molecule has 3 amide bonds. The van der Waals surface area contributed by atoms with Gasteiger partial charge in [0.2, 0.25) is 0 Å². The van der Waals surface area contributed by atoms with Gasteiger partial charge in [-0.2, -0.15) is 4.57 Å². The van der Waals surface area contributed by atoms with Crippen molar-refractivity contribution in [3.8, 4) is 51.7 Å². The second-order valence-corrected chi connectivity index (χ2v) is 18.8. The number of carbonyl (C=O) groups is 3. The van der Waals surface area contributed by atoms with Crippen LogP contribution in [-0.2, 0) is 23.8 Å². The highest BCUT2D eigenvalue weighted by Crippen LogP contribution is 2.50. The molecular weight excluding hydrogens is 966 g/mol. The largest absolute Gasteiger partial charge is 0.647 e. The number of phenolic OH excluding ortho intramolecular Hbond substituents is 6. The monoisotopic (exact) mass is 1010 g/mol. The number of carbonyl (C=O) groups excluding carboxylic acids is 3. The Morgan fingerprint density at radius 1 is 0.351 bits per heavy atom. The highest BCUT2D eigenvalue weighted by molar-refractivity contribution is 7.49. The lowest BCUT2D eigenvalue weighted by Crippen LogP contribution is -2.25. The standard InChI is InChI=1S/C57H48N3O13P/c61-43-10-7-37-31-52(64)49(28-40(37)25-43)55(67)58-22-19-34-1-13-46(14-2-34)71-74(70,72-47-15-3-35(4-16-47)20-23-59-56(68)50-29-41-26-44(62)11-8-38(41)32-53(50)65)73-48-17-5-36(6-18-48)21-24-60-57(69)51-30-42-27-45(63)12-9-39(42)33-54(51)66/h1-18,25-33,61-66H,19-24H2,(H,58,67)(H,59,68)(H,60,69). The van der Waals surface area contributed by atoms with Crippen molar-refractivity contribution in [1.82, 2.24) is 16.0 Å². The van der Waals surface area contributed by atoms with Crippen LogP contribution >= 0.6 is 7.82 Å². The smallest absolute Gasteiger partial charge is 0.508 e. The molecule has 17 heteroatoms. The van der Waals surface area contributed by atoms with E-state index in [0.29, 0.717) is 51.6 Å². The Hall–Kier alpha value is -9.40. The molecule has 374 valence electrons. The molecule has 9 aromatic rings. The highest BCUT2D eigenvalue weighted by Gasteiger charge is 2.33. The van der Waals surface area contributed by atoms with Crippen LogP contribution in [0.15, 0.2) is 164 Å². The molecule has 0 spiro atoms. The molecule has 9 aromatic carbocycles. The van der Waals surface area contributed by atoms with E-state index in [1.807, 2.05) is 0 Å². The number of phenols is 6. The number of phosphoric acid groups is 1. The molecule has 0 aliphatic rings. The van der Waals surface area contributed by atoms with Crippen LogP contribution in [0.25, 0.3) is 32.3 Å². The van der Waals surface area contributed by atoms with Crippen molar-refractivity contribution in [2.45, 2.75) is 19.3 Å². The van der Waals surface area contributed by atoms with Crippen LogP contribution in [0.3, 0.4) is 0 Å². The zero-order chi connectivity index (χ0) is 51.9. The predicted molar refractivity (Wildman–Crippen MR) is 279 cm³/mol. The lowest BCUT2D eigenvalue weighted by atomic mass is 10.0. The van der Waals surface area contributed by atoms with Gasteiger partial charge in [-0.15, -0.1) is 0 Å². The summed E-state index contributed by atoms with van der Waals surface area (Å²) >= 11 is 0. The molecule has 0 aromatic heterocycles. The molecule has 9 rings (SSSR count). The van der Waals surface area contributed by atoms with Gasteiger partial charge in [-0.25, -0.2) is 0 Å². The molecule has 0 unspecified atom stereocenters. The summed E-state index contributed by atoms with van der Waals surface area (Å²) in [6, 6.07) is 42.6. The molecule has 0 fully saturated rings. The zero-order valence-corrected chi connectivity index (χ0v) is 40.2. The maximum absolute atomic E-state index is 14.6. The third-order valence-electron chi connectivity index (χ3n) is 12.1. The van der Waals surface area contributed by atoms with Crippen molar-refractivity contribution in [2.24, 2.45) is 0 Å². The maximum Gasteiger partial charge on any atom is 0.647 e. The molecule has 74 heavy (non-hydrogen) atoms. The van der Waals surface area contributed by atoms with Crippen LogP contribution in [0.5, 0.6) is 51.7 Å². The second-order valence-electron chi connectivity index (χ2n) is 17.4. The molecule has 0 saturated carbocycles. The van der Waals surface area contributed by atoms with Crippen molar-refractivity contribution < 1.29 is 63.2 Å². The highest BCUT2D eigenvalue weighted by atomic mass is 31.2. The minimum absolute atomic E-state index is 0.0326. The van der Waals surface area contributed by atoms with Crippen LogP contribution < -0.4 is 29.5 Å². The van der Waals surface area contributed by atoms with Gasteiger partial charge in [0.15, 0.2) is 0 Å². The van der Waals surface area contributed by atoms with Gasteiger partial charge in [0.1, 0.15) is 51.7 Å². The van der Waals surface area contributed by atoms with E-state index in [4.69, 9.17) is 13.6 Å². The Kier molecular flexibility index (Phi) is 14.4. The van der Waals surface area contributed by atoms with E-state index in [-0.39, 0.29) is 88.1 Å². The van der Waals surface area contributed by atoms with Gasteiger partial charge in [0.25, 0.3) is 17.7 Å². The number of hydrogen-bond donors (Lipinski definition) is 9. The first-order valence-electron chi connectivity index (χ1n) is 23.3. The number of amides is 3. The average molecular weight is 1010 g/mol. The summed E-state index contributed by atoms with van der Waals surface area (Å²) in [6.45, 7) is 0.644. The van der Waals surface area contributed by atoms with Crippen molar-refractivity contribution in [2.75, 3.05) is 19.6 Å². The zero-order valence-electron chi connectivity index (χ0n) is 39.3. The Morgan fingerprint density at radius 3 is 0.892 bits per heavy atom. The van der Waals surface area contributed by atoms with Crippen LogP contribution in [0.1, 0.15) is 47.8 Å². The molecule has 0 saturated heterocycles. The first-order valence-corrected chi connectivity index (χ1v) is 24.8. The number of aromatic hydroxyl groups is 6. The number of nitrogens with one attached hydrogen (secondary N) is 3. The van der Waals surface area contributed by atoms with E-state index in [1.165, 1.54) is 72.8 Å². The van der Waals surface area contributed by atoms with Crippen LogP contribution in [0, 0.1) is 0 Å². The van der Waals surface area contributed by atoms with Crippen molar-refractivity contribution in [3.63, 3.8) is 0 Å². The van der Waals surface area contributed by atoms with E-state index >= 15 is 0 Å². The Balaban J connectivity index is 0.839. The number of fused-ring (bicyclic) bond motifs is 3. The molecule has 0 bridgehead atoms. The normalized spacial score (nSPS) is 11.3. The van der Waals surface area contributed by atoms with Gasteiger partial charge in [0, 0.05) is 19.6 Å². The van der Waals surface area contributed by atoms with Crippen molar-refractivity contribution >= 4 is 57.9 Å². The molecule has 9 N–H and O–H groups in total. The van der Waals surface area contributed by atoms with Crippen LogP contribution in [-0.4, -0.2) is 68.0 Å². The van der Waals surface area contributed by atoms with E-state index in [2.05, 4.69) is 16.0 Å². The summed E-state index contributed by atoms with van der Waals surface area (Å²) in [5.74, 6) is -1.53. The summed E-state index contributed by atoms with van der Waals surface area (Å²) in [5.41, 5.74) is 2.57. The third kappa shape index (κ3) is 12.0.